The van der Waals surface area contributed by atoms with Crippen LogP contribution in [0.4, 0.5) is 4.39 Å². The van der Waals surface area contributed by atoms with Crippen molar-refractivity contribution < 1.29 is 12.8 Å². The number of sulfonamides is 1. The number of nitrogens with zero attached hydrogens (tertiary/aromatic N) is 1. The topological polar surface area (TPSA) is 49.4 Å². The molecule has 1 aliphatic carbocycles. The molecule has 21 heavy (non-hydrogen) atoms. The summed E-state index contributed by atoms with van der Waals surface area (Å²) in [6.07, 6.45) is 3.84. The van der Waals surface area contributed by atoms with Crippen molar-refractivity contribution in [2.75, 3.05) is 13.1 Å². The van der Waals surface area contributed by atoms with Gasteiger partial charge in [-0.25, -0.2) is 12.8 Å². The molecule has 1 unspecified atom stereocenters. The Hall–Kier alpha value is -0.690. The summed E-state index contributed by atoms with van der Waals surface area (Å²) in [4.78, 5) is 0.0683. The van der Waals surface area contributed by atoms with Crippen molar-refractivity contribution in [2.45, 2.75) is 42.7 Å². The SMILES string of the molecule is O=S(=O)(c1ccc(F)c(Cl)c1)N(CC1CCCN1)C1CC1. The van der Waals surface area contributed by atoms with Crippen molar-refractivity contribution >= 4 is 21.6 Å². The highest BCUT2D eigenvalue weighted by molar-refractivity contribution is 7.89. The normalized spacial score (nSPS) is 22.9. The van der Waals surface area contributed by atoms with E-state index in [9.17, 15) is 12.8 Å². The van der Waals surface area contributed by atoms with Crippen LogP contribution in [0.1, 0.15) is 25.7 Å². The summed E-state index contributed by atoms with van der Waals surface area (Å²) in [6.45, 7) is 1.41. The average molecular weight is 333 g/mol. The molecule has 0 aromatic heterocycles. The molecule has 3 rings (SSSR count). The molecule has 1 aromatic rings. The Kier molecular flexibility index (Phi) is 4.23. The van der Waals surface area contributed by atoms with E-state index in [0.717, 1.165) is 38.3 Å². The molecule has 1 saturated heterocycles. The zero-order valence-corrected chi connectivity index (χ0v) is 13.1. The quantitative estimate of drug-likeness (QED) is 0.900. The lowest BCUT2D eigenvalue weighted by Gasteiger charge is -2.25. The first-order valence-electron chi connectivity index (χ1n) is 7.19. The van der Waals surface area contributed by atoms with E-state index in [1.54, 1.807) is 4.31 Å². The molecule has 1 N–H and O–H groups in total. The van der Waals surface area contributed by atoms with Crippen LogP contribution in [0.3, 0.4) is 0 Å². The van der Waals surface area contributed by atoms with Gasteiger partial charge >= 0.3 is 0 Å². The average Bonchev–Trinajstić information content (AvgIpc) is 3.15. The van der Waals surface area contributed by atoms with E-state index in [0.29, 0.717) is 6.54 Å². The summed E-state index contributed by atoms with van der Waals surface area (Å²) in [5.74, 6) is -0.606. The Morgan fingerprint density at radius 2 is 2.10 bits per heavy atom. The fourth-order valence-electron chi connectivity index (χ4n) is 2.71. The fraction of sp³-hybridized carbons (Fsp3) is 0.571. The molecule has 1 aliphatic heterocycles. The highest BCUT2D eigenvalue weighted by Crippen LogP contribution is 2.33. The molecule has 7 heteroatoms. The molecule has 116 valence electrons. The second-order valence-corrected chi connectivity index (χ2v) is 7.97. The van der Waals surface area contributed by atoms with Crippen molar-refractivity contribution in [3.63, 3.8) is 0 Å². The van der Waals surface area contributed by atoms with Crippen molar-refractivity contribution in [1.29, 1.82) is 0 Å². The second-order valence-electron chi connectivity index (χ2n) is 5.68. The van der Waals surface area contributed by atoms with Crippen molar-refractivity contribution in [2.24, 2.45) is 0 Å². The van der Waals surface area contributed by atoms with Crippen LogP contribution in [0.2, 0.25) is 5.02 Å². The molecular weight excluding hydrogens is 315 g/mol. The number of hydrogen-bond acceptors (Lipinski definition) is 3. The molecule has 0 spiro atoms. The van der Waals surface area contributed by atoms with Gasteiger partial charge in [0.05, 0.1) is 9.92 Å². The van der Waals surface area contributed by atoms with Gasteiger partial charge in [0.25, 0.3) is 0 Å². The molecule has 1 heterocycles. The summed E-state index contributed by atoms with van der Waals surface area (Å²) in [6, 6.07) is 3.86. The van der Waals surface area contributed by atoms with Gasteiger partial charge in [-0.2, -0.15) is 4.31 Å². The van der Waals surface area contributed by atoms with Gasteiger partial charge in [-0.3, -0.25) is 0 Å². The summed E-state index contributed by atoms with van der Waals surface area (Å²) in [5, 5.41) is 3.16. The summed E-state index contributed by atoms with van der Waals surface area (Å²) in [7, 11) is -3.62. The largest absolute Gasteiger partial charge is 0.313 e. The lowest BCUT2D eigenvalue weighted by Crippen LogP contribution is -2.42. The van der Waals surface area contributed by atoms with Crippen LogP contribution in [0.15, 0.2) is 23.1 Å². The first kappa shape index (κ1) is 15.2. The Labute approximate surface area is 129 Å². The Morgan fingerprint density at radius 1 is 1.33 bits per heavy atom. The van der Waals surface area contributed by atoms with Crippen LogP contribution in [-0.2, 0) is 10.0 Å². The number of hydrogen-bond donors (Lipinski definition) is 1. The second kappa shape index (κ2) is 5.83. The van der Waals surface area contributed by atoms with Gasteiger partial charge < -0.3 is 5.32 Å². The van der Waals surface area contributed by atoms with Gasteiger partial charge in [-0.1, -0.05) is 11.6 Å². The first-order valence-corrected chi connectivity index (χ1v) is 9.00. The number of benzene rings is 1. The Morgan fingerprint density at radius 3 is 2.67 bits per heavy atom. The number of rotatable bonds is 5. The van der Waals surface area contributed by atoms with E-state index in [-0.39, 0.29) is 22.0 Å². The van der Waals surface area contributed by atoms with E-state index >= 15 is 0 Å². The third kappa shape index (κ3) is 3.23. The summed E-state index contributed by atoms with van der Waals surface area (Å²) < 4.78 is 40.4. The minimum Gasteiger partial charge on any atom is -0.313 e. The summed E-state index contributed by atoms with van der Waals surface area (Å²) >= 11 is 5.72. The number of halogens is 2. The Balaban J connectivity index is 1.87. The van der Waals surface area contributed by atoms with Gasteiger partial charge in [-0.05, 0) is 50.4 Å². The van der Waals surface area contributed by atoms with Gasteiger partial charge in [0.1, 0.15) is 5.82 Å². The molecule has 1 atom stereocenters. The highest BCUT2D eigenvalue weighted by atomic mass is 35.5. The molecule has 0 amide bonds. The van der Waals surface area contributed by atoms with Gasteiger partial charge in [0, 0.05) is 18.6 Å². The molecule has 2 fully saturated rings. The van der Waals surface area contributed by atoms with Gasteiger partial charge in [0.2, 0.25) is 10.0 Å². The molecule has 0 radical (unpaired) electrons. The third-order valence-corrected chi connectivity index (χ3v) is 6.22. The summed E-state index contributed by atoms with van der Waals surface area (Å²) in [5.41, 5.74) is 0. The lowest BCUT2D eigenvalue weighted by molar-refractivity contribution is 0.363. The highest BCUT2D eigenvalue weighted by Gasteiger charge is 2.39. The van der Waals surface area contributed by atoms with Crippen molar-refractivity contribution in [3.8, 4) is 0 Å². The van der Waals surface area contributed by atoms with Crippen molar-refractivity contribution in [1.82, 2.24) is 9.62 Å². The molecule has 1 aromatic carbocycles. The van der Waals surface area contributed by atoms with E-state index in [1.807, 2.05) is 0 Å². The Bertz CT molecular complexity index is 628. The van der Waals surface area contributed by atoms with E-state index in [1.165, 1.54) is 12.1 Å². The van der Waals surface area contributed by atoms with E-state index in [2.05, 4.69) is 5.32 Å². The zero-order chi connectivity index (χ0) is 15.0. The maximum Gasteiger partial charge on any atom is 0.243 e. The maximum atomic E-state index is 13.2. The standard InChI is InChI=1S/C14H18ClFN2O2S/c15-13-8-12(5-6-14(13)16)21(19,20)18(11-3-4-11)9-10-2-1-7-17-10/h5-6,8,10-11,17H,1-4,7,9H2. The molecule has 1 saturated carbocycles. The minimum absolute atomic E-state index is 0.0683. The third-order valence-electron chi connectivity index (χ3n) is 4.01. The maximum absolute atomic E-state index is 13.2. The fourth-order valence-corrected chi connectivity index (χ4v) is 4.71. The van der Waals surface area contributed by atoms with Gasteiger partial charge in [-0.15, -0.1) is 0 Å². The van der Waals surface area contributed by atoms with Crippen LogP contribution in [0, 0.1) is 5.82 Å². The zero-order valence-electron chi connectivity index (χ0n) is 11.6. The monoisotopic (exact) mass is 332 g/mol. The number of nitrogens with one attached hydrogen (secondary N) is 1. The minimum atomic E-state index is -3.62. The molecule has 0 bridgehead atoms. The molecule has 4 nitrogen and oxygen atoms in total. The molecule has 2 aliphatic rings. The van der Waals surface area contributed by atoms with E-state index < -0.39 is 15.8 Å². The predicted octanol–water partition coefficient (Wildman–Crippen LogP) is 2.38. The predicted molar refractivity (Wildman–Crippen MR) is 79.3 cm³/mol. The van der Waals surface area contributed by atoms with Crippen LogP contribution < -0.4 is 5.32 Å². The van der Waals surface area contributed by atoms with Crippen LogP contribution >= 0.6 is 11.6 Å². The van der Waals surface area contributed by atoms with Crippen LogP contribution in [0.5, 0.6) is 0 Å². The lowest BCUT2D eigenvalue weighted by atomic mass is 10.2. The first-order chi connectivity index (χ1) is 9.98. The smallest absolute Gasteiger partial charge is 0.243 e. The van der Waals surface area contributed by atoms with Crippen molar-refractivity contribution in [3.05, 3.63) is 29.0 Å². The van der Waals surface area contributed by atoms with Gasteiger partial charge in [0.15, 0.2) is 0 Å². The van der Waals surface area contributed by atoms with E-state index in [4.69, 9.17) is 11.6 Å². The molecular formula is C14H18ClFN2O2S. The van der Waals surface area contributed by atoms with Crippen LogP contribution in [0.25, 0.3) is 0 Å². The van der Waals surface area contributed by atoms with Crippen LogP contribution in [-0.4, -0.2) is 37.9 Å².